The smallest absolute Gasteiger partial charge is 1.00 e. The zero-order valence-corrected chi connectivity index (χ0v) is 10.3. The summed E-state index contributed by atoms with van der Waals surface area (Å²) >= 11 is 0. The third-order valence-electron chi connectivity index (χ3n) is 0. The Morgan fingerprint density at radius 2 is 1.40 bits per heavy atom. The maximum absolute atomic E-state index is 6.50. The van der Waals surface area contributed by atoms with Crippen molar-refractivity contribution in [3.05, 3.63) is 0 Å². The molecule has 0 spiro atoms. The van der Waals surface area contributed by atoms with Crippen LogP contribution in [0.15, 0.2) is 0 Å². The van der Waals surface area contributed by atoms with Crippen molar-refractivity contribution in [2.45, 2.75) is 0 Å². The maximum Gasteiger partial charge on any atom is 1.00 e. The summed E-state index contributed by atoms with van der Waals surface area (Å²) < 4.78 is 0. The van der Waals surface area contributed by atoms with Crippen molar-refractivity contribution in [1.82, 2.24) is 0 Å². The Labute approximate surface area is 99.0 Å². The van der Waals surface area contributed by atoms with E-state index in [1.165, 1.54) is 0 Å². The van der Waals surface area contributed by atoms with Crippen molar-refractivity contribution < 1.29 is 89.4 Å². The van der Waals surface area contributed by atoms with Crippen LogP contribution in [0.4, 0.5) is 0 Å². The van der Waals surface area contributed by atoms with Crippen molar-refractivity contribution in [2.24, 2.45) is 0 Å². The molecule has 0 rings (SSSR count). The Kier molecular flexibility index (Phi) is 181. The Morgan fingerprint density at radius 1 is 1.40 bits per heavy atom. The molecule has 0 N–H and O–H groups in total. The van der Waals surface area contributed by atoms with E-state index < -0.39 is 0 Å². The molecule has 1 nitrogen and oxygen atoms in total. The van der Waals surface area contributed by atoms with Gasteiger partial charge in [0.25, 0.3) is 0 Å². The molecular formula is CH2FeKNZn. The number of nitrogens with zero attached hydrogens (tertiary/aromatic N) is 1. The van der Waals surface area contributed by atoms with Gasteiger partial charge in [-0.25, -0.2) is 5.26 Å². The van der Waals surface area contributed by atoms with Gasteiger partial charge in [-0.05, 0) is 0 Å². The van der Waals surface area contributed by atoms with Crippen LogP contribution in [0.1, 0.15) is 1.43 Å². The van der Waals surface area contributed by atoms with E-state index in [0.29, 0.717) is 0 Å². The molecule has 0 fully saturated rings. The third kappa shape index (κ3) is 22.2. The van der Waals surface area contributed by atoms with E-state index in [4.69, 9.17) is 5.26 Å². The molecule has 0 aliphatic heterocycles. The molecule has 0 atom stereocenters. The van der Waals surface area contributed by atoms with E-state index in [0.717, 1.165) is 0 Å². The largest absolute Gasteiger partial charge is 1.00 e. The van der Waals surface area contributed by atoms with Gasteiger partial charge in [0, 0.05) is 43.1 Å². The van der Waals surface area contributed by atoms with Gasteiger partial charge in [-0.15, -0.1) is 0 Å². The van der Waals surface area contributed by atoms with Gasteiger partial charge in [-0.1, -0.05) is 0 Å². The van der Waals surface area contributed by atoms with Gasteiger partial charge in [0.2, 0.25) is 0 Å². The zero-order valence-electron chi connectivity index (χ0n) is 4.09. The molecule has 0 saturated heterocycles. The second-order valence-corrected chi connectivity index (χ2v) is 0. The van der Waals surface area contributed by atoms with Crippen molar-refractivity contribution in [1.29, 1.82) is 5.26 Å². The molecule has 5 heavy (non-hydrogen) atoms. The van der Waals surface area contributed by atoms with E-state index in [1.807, 2.05) is 0 Å². The molecule has 0 heterocycles. The van der Waals surface area contributed by atoms with E-state index in [1.54, 1.807) is 0 Å². The number of nitriles is 1. The summed E-state index contributed by atoms with van der Waals surface area (Å²) in [5.74, 6) is 0. The monoisotopic (exact) mass is 187 g/mol. The van der Waals surface area contributed by atoms with Gasteiger partial charge in [0.15, 0.2) is 0 Å². The van der Waals surface area contributed by atoms with Gasteiger partial charge in [-0.3, -0.25) is 0 Å². The minimum absolute atomic E-state index is 0. The molecule has 22 valence electrons. The molecule has 0 amide bonds. The molecule has 0 aromatic carbocycles. The van der Waals surface area contributed by atoms with E-state index in [9.17, 15) is 0 Å². The number of hydrogen-bond donors (Lipinski definition) is 0. The SMILES string of the molecule is C#N.[Fe].[H-].[K+].[Zn]. The Balaban J connectivity index is -0.000000000833. The standard InChI is InChI=1S/CHN.Fe.K.Zn.H/c1-2;;;;/h1H;;;;/q;;+1;;-1. The van der Waals surface area contributed by atoms with Crippen LogP contribution in [0, 0.1) is 11.8 Å². The fourth-order valence-electron chi connectivity index (χ4n) is 0. The van der Waals surface area contributed by atoms with Gasteiger partial charge >= 0.3 is 51.4 Å². The first kappa shape index (κ1) is 26.7. The van der Waals surface area contributed by atoms with Crippen LogP contribution in [-0.2, 0) is 36.5 Å². The van der Waals surface area contributed by atoms with Crippen LogP contribution in [0.3, 0.4) is 0 Å². The van der Waals surface area contributed by atoms with Crippen LogP contribution < -0.4 is 51.4 Å². The summed E-state index contributed by atoms with van der Waals surface area (Å²) in [6, 6.07) is 0. The fraction of sp³-hybridized carbons (Fsp3) is 0. The molecule has 0 radical (unpaired) electrons. The van der Waals surface area contributed by atoms with Crippen LogP contribution in [-0.4, -0.2) is 0 Å². The quantitative estimate of drug-likeness (QED) is 0.378. The maximum atomic E-state index is 6.50. The molecule has 0 aliphatic carbocycles. The molecule has 0 aliphatic rings. The molecule has 4 heteroatoms. The normalized spacial score (nSPS) is 0.400. The average molecular weight is 188 g/mol. The van der Waals surface area contributed by atoms with Crippen LogP contribution in [0.2, 0.25) is 0 Å². The van der Waals surface area contributed by atoms with Crippen LogP contribution >= 0.6 is 0 Å². The third-order valence-corrected chi connectivity index (χ3v) is 0. The Morgan fingerprint density at radius 3 is 1.40 bits per heavy atom. The summed E-state index contributed by atoms with van der Waals surface area (Å²) in [4.78, 5) is 0. The van der Waals surface area contributed by atoms with Gasteiger partial charge in [0.1, 0.15) is 0 Å². The topological polar surface area (TPSA) is 23.8 Å². The zero-order chi connectivity index (χ0) is 2.00. The van der Waals surface area contributed by atoms with Gasteiger partial charge in [0.05, 0.1) is 0 Å². The van der Waals surface area contributed by atoms with Crippen molar-refractivity contribution >= 4 is 0 Å². The number of rotatable bonds is 0. The fourth-order valence-corrected chi connectivity index (χ4v) is 0. The van der Waals surface area contributed by atoms with E-state index in [-0.39, 0.29) is 89.4 Å². The Bertz CT molecular complexity index is 20.3. The average Bonchev–Trinajstić information content (AvgIpc) is 1.00. The molecule has 0 unspecified atom stereocenters. The minimum Gasteiger partial charge on any atom is -1.00 e. The summed E-state index contributed by atoms with van der Waals surface area (Å²) in [5, 5.41) is 6.50. The summed E-state index contributed by atoms with van der Waals surface area (Å²) in [6.07, 6.45) is 0. The number of hydrogen-bond acceptors (Lipinski definition) is 1. The predicted octanol–water partition coefficient (Wildman–Crippen LogP) is -2.75. The van der Waals surface area contributed by atoms with Crippen molar-refractivity contribution in [2.75, 3.05) is 0 Å². The first-order chi connectivity index (χ1) is 1.00. The second kappa shape index (κ2) is 33.8. The first-order valence-electron chi connectivity index (χ1n) is 0.258. The molecular weight excluding hydrogens is 186 g/mol. The van der Waals surface area contributed by atoms with Gasteiger partial charge < -0.3 is 1.43 Å². The molecule has 0 aromatic heterocycles. The minimum atomic E-state index is 0. The Hall–Kier alpha value is 2.27. The van der Waals surface area contributed by atoms with Crippen LogP contribution in [0.25, 0.3) is 0 Å². The first-order valence-corrected chi connectivity index (χ1v) is 0.258. The molecule has 0 aromatic rings. The molecule has 0 bridgehead atoms. The second-order valence-electron chi connectivity index (χ2n) is 0. The van der Waals surface area contributed by atoms with Crippen LogP contribution in [0.5, 0.6) is 0 Å². The summed E-state index contributed by atoms with van der Waals surface area (Å²) in [6.45, 7) is 3.50. The van der Waals surface area contributed by atoms with E-state index >= 15 is 0 Å². The van der Waals surface area contributed by atoms with Crippen molar-refractivity contribution in [3.8, 4) is 6.57 Å². The predicted molar refractivity (Wildman–Crippen MR) is 7.78 cm³/mol. The van der Waals surface area contributed by atoms with E-state index in [2.05, 4.69) is 6.57 Å². The molecule has 0 saturated carbocycles. The summed E-state index contributed by atoms with van der Waals surface area (Å²) in [5.41, 5.74) is 0. The summed E-state index contributed by atoms with van der Waals surface area (Å²) in [7, 11) is 0. The van der Waals surface area contributed by atoms with Crippen molar-refractivity contribution in [3.63, 3.8) is 0 Å². The van der Waals surface area contributed by atoms with Gasteiger partial charge in [-0.2, -0.15) is 0 Å².